The largest absolute Gasteiger partial charge is 0.314 e. The number of nitrogens with one attached hydrogen (secondary N) is 1. The van der Waals surface area contributed by atoms with Gasteiger partial charge in [-0.05, 0) is 44.6 Å². The minimum absolute atomic E-state index is 0.326. The highest BCUT2D eigenvalue weighted by Crippen LogP contribution is 2.39. The van der Waals surface area contributed by atoms with Crippen LogP contribution in [0, 0.1) is 0 Å². The van der Waals surface area contributed by atoms with E-state index in [1.165, 1.54) is 32.0 Å². The lowest BCUT2D eigenvalue weighted by molar-refractivity contribution is 0.201. The van der Waals surface area contributed by atoms with E-state index in [-0.39, 0.29) is 0 Å². The molecule has 4 aromatic rings. The average Bonchev–Trinajstić information content (AvgIpc) is 3.23. The number of nitrogens with zero attached hydrogens (tertiary/aromatic N) is 1. The normalized spacial score (nSPS) is 16.9. The van der Waals surface area contributed by atoms with E-state index < -0.39 is 0 Å². The zero-order valence-corrected chi connectivity index (χ0v) is 15.5. The third-order valence-electron chi connectivity index (χ3n) is 5.42. The molecule has 1 aromatic heterocycles. The molecular weight excluding hydrogens is 336 g/mol. The van der Waals surface area contributed by atoms with Crippen LogP contribution in [0.3, 0.4) is 0 Å². The lowest BCUT2D eigenvalue weighted by Crippen LogP contribution is -2.45. The van der Waals surface area contributed by atoms with Crippen molar-refractivity contribution in [1.82, 2.24) is 10.2 Å². The minimum atomic E-state index is 0.326. The summed E-state index contributed by atoms with van der Waals surface area (Å²) in [6.45, 7) is 4.30. The van der Waals surface area contributed by atoms with Crippen LogP contribution in [0.4, 0.5) is 0 Å². The van der Waals surface area contributed by atoms with E-state index >= 15 is 0 Å². The molecule has 130 valence electrons. The van der Waals surface area contributed by atoms with E-state index in [0.29, 0.717) is 6.04 Å². The first-order chi connectivity index (χ1) is 12.9. The lowest BCUT2D eigenvalue weighted by Gasteiger charge is -2.35. The van der Waals surface area contributed by atoms with Crippen LogP contribution < -0.4 is 5.32 Å². The third kappa shape index (κ3) is 2.73. The second-order valence-corrected chi connectivity index (χ2v) is 7.92. The quantitative estimate of drug-likeness (QED) is 0.516. The number of piperazine rings is 1. The summed E-state index contributed by atoms with van der Waals surface area (Å²) in [5.41, 5.74) is 1.43. The van der Waals surface area contributed by atoms with Crippen LogP contribution >= 0.6 is 11.3 Å². The van der Waals surface area contributed by atoms with Crippen molar-refractivity contribution in [2.75, 3.05) is 26.2 Å². The van der Waals surface area contributed by atoms with Crippen molar-refractivity contribution >= 4 is 32.9 Å². The van der Waals surface area contributed by atoms with E-state index in [1.54, 1.807) is 0 Å². The monoisotopic (exact) mass is 358 g/mol. The van der Waals surface area contributed by atoms with E-state index in [1.807, 2.05) is 11.3 Å². The van der Waals surface area contributed by atoms with Gasteiger partial charge in [0.1, 0.15) is 0 Å². The Hall–Kier alpha value is -2.20. The molecule has 1 saturated heterocycles. The Kier molecular flexibility index (Phi) is 4.21. The Labute approximate surface area is 158 Å². The number of thiophene rings is 1. The minimum Gasteiger partial charge on any atom is -0.314 e. The van der Waals surface area contributed by atoms with Crippen molar-refractivity contribution in [3.8, 4) is 0 Å². The SMILES string of the molecule is c1csc([C@@H](c2cc3ccccc3c3ccccc23)N2CCNCC2)c1. The molecule has 0 aliphatic carbocycles. The topological polar surface area (TPSA) is 15.3 Å². The molecule has 1 fully saturated rings. The summed E-state index contributed by atoms with van der Waals surface area (Å²) in [4.78, 5) is 4.08. The summed E-state index contributed by atoms with van der Waals surface area (Å²) >= 11 is 1.87. The van der Waals surface area contributed by atoms with Gasteiger partial charge in [-0.2, -0.15) is 0 Å². The van der Waals surface area contributed by atoms with Crippen molar-refractivity contribution in [3.63, 3.8) is 0 Å². The van der Waals surface area contributed by atoms with Gasteiger partial charge < -0.3 is 5.32 Å². The molecule has 0 amide bonds. The van der Waals surface area contributed by atoms with Gasteiger partial charge in [0, 0.05) is 31.1 Å². The summed E-state index contributed by atoms with van der Waals surface area (Å²) in [6.07, 6.45) is 0. The number of benzene rings is 3. The van der Waals surface area contributed by atoms with Crippen molar-refractivity contribution in [1.29, 1.82) is 0 Å². The van der Waals surface area contributed by atoms with E-state index in [2.05, 4.69) is 82.3 Å². The summed E-state index contributed by atoms with van der Waals surface area (Å²) in [5.74, 6) is 0. The van der Waals surface area contributed by atoms with Crippen molar-refractivity contribution < 1.29 is 0 Å². The number of fused-ring (bicyclic) bond motifs is 3. The standard InChI is InChI=1S/C23H22N2S/c1-2-7-18-17(6-1)16-21(20-9-4-3-8-19(18)20)23(22-10-5-15-26-22)25-13-11-24-12-14-25/h1-10,15-16,23-24H,11-14H2/t23-/m1/s1. The molecule has 1 atom stereocenters. The molecule has 0 spiro atoms. The molecule has 0 radical (unpaired) electrons. The molecule has 3 aromatic carbocycles. The van der Waals surface area contributed by atoms with Crippen LogP contribution in [0.5, 0.6) is 0 Å². The molecule has 0 saturated carbocycles. The first-order valence-electron chi connectivity index (χ1n) is 9.30. The molecule has 1 aliphatic rings. The maximum Gasteiger partial charge on any atom is 0.0703 e. The van der Waals surface area contributed by atoms with Crippen LogP contribution in [-0.4, -0.2) is 31.1 Å². The number of hydrogen-bond acceptors (Lipinski definition) is 3. The van der Waals surface area contributed by atoms with Gasteiger partial charge in [0.15, 0.2) is 0 Å². The van der Waals surface area contributed by atoms with Gasteiger partial charge in [0.05, 0.1) is 6.04 Å². The second kappa shape index (κ2) is 6.84. The summed E-state index contributed by atoms with van der Waals surface area (Å²) in [5, 5.41) is 11.1. The number of rotatable bonds is 3. The Morgan fingerprint density at radius 3 is 2.31 bits per heavy atom. The summed E-state index contributed by atoms with van der Waals surface area (Å²) in [7, 11) is 0. The molecule has 5 rings (SSSR count). The zero-order valence-electron chi connectivity index (χ0n) is 14.7. The van der Waals surface area contributed by atoms with Gasteiger partial charge >= 0.3 is 0 Å². The molecule has 1 aliphatic heterocycles. The maximum atomic E-state index is 3.49. The van der Waals surface area contributed by atoms with Gasteiger partial charge in [-0.15, -0.1) is 11.3 Å². The summed E-state index contributed by atoms with van der Waals surface area (Å²) < 4.78 is 0. The van der Waals surface area contributed by atoms with E-state index in [9.17, 15) is 0 Å². The molecule has 26 heavy (non-hydrogen) atoms. The average molecular weight is 359 g/mol. The molecule has 2 heterocycles. The van der Waals surface area contributed by atoms with Gasteiger partial charge in [0.2, 0.25) is 0 Å². The first-order valence-corrected chi connectivity index (χ1v) is 10.2. The van der Waals surface area contributed by atoms with Crippen LogP contribution in [-0.2, 0) is 0 Å². The van der Waals surface area contributed by atoms with Gasteiger partial charge in [0.25, 0.3) is 0 Å². The predicted octanol–water partition coefficient (Wildman–Crippen LogP) is 5.05. The van der Waals surface area contributed by atoms with Crippen LogP contribution in [0.15, 0.2) is 72.1 Å². The molecule has 1 N–H and O–H groups in total. The predicted molar refractivity (Wildman–Crippen MR) is 112 cm³/mol. The van der Waals surface area contributed by atoms with Crippen molar-refractivity contribution in [2.45, 2.75) is 6.04 Å². The fraction of sp³-hybridized carbons (Fsp3) is 0.217. The highest BCUT2D eigenvalue weighted by atomic mass is 32.1. The van der Waals surface area contributed by atoms with Gasteiger partial charge in [-0.25, -0.2) is 0 Å². The number of hydrogen-bond donors (Lipinski definition) is 1. The Morgan fingerprint density at radius 1 is 0.808 bits per heavy atom. The van der Waals surface area contributed by atoms with E-state index in [0.717, 1.165) is 26.2 Å². The van der Waals surface area contributed by atoms with Crippen LogP contribution in [0.1, 0.15) is 16.5 Å². The van der Waals surface area contributed by atoms with Crippen molar-refractivity contribution in [3.05, 3.63) is 82.6 Å². The zero-order chi connectivity index (χ0) is 17.3. The van der Waals surface area contributed by atoms with Crippen LogP contribution in [0.2, 0.25) is 0 Å². The molecular formula is C23H22N2S. The second-order valence-electron chi connectivity index (χ2n) is 6.94. The molecule has 2 nitrogen and oxygen atoms in total. The maximum absolute atomic E-state index is 3.49. The smallest absolute Gasteiger partial charge is 0.0703 e. The lowest BCUT2D eigenvalue weighted by atomic mass is 9.92. The highest BCUT2D eigenvalue weighted by molar-refractivity contribution is 7.10. The molecule has 0 bridgehead atoms. The Balaban J connectivity index is 1.78. The van der Waals surface area contributed by atoms with Crippen molar-refractivity contribution in [2.24, 2.45) is 0 Å². The van der Waals surface area contributed by atoms with Gasteiger partial charge in [-0.3, -0.25) is 4.90 Å². The fourth-order valence-electron chi connectivity index (χ4n) is 4.23. The first kappa shape index (κ1) is 16.0. The fourth-order valence-corrected chi connectivity index (χ4v) is 5.10. The van der Waals surface area contributed by atoms with Gasteiger partial charge in [-0.1, -0.05) is 54.6 Å². The summed E-state index contributed by atoms with van der Waals surface area (Å²) in [6, 6.07) is 24.9. The third-order valence-corrected chi connectivity index (χ3v) is 6.35. The van der Waals surface area contributed by atoms with Crippen LogP contribution in [0.25, 0.3) is 21.5 Å². The Bertz CT molecular complexity index is 1030. The molecule has 0 unspecified atom stereocenters. The Morgan fingerprint density at radius 2 is 1.54 bits per heavy atom. The molecule has 3 heteroatoms. The highest BCUT2D eigenvalue weighted by Gasteiger charge is 2.26. The van der Waals surface area contributed by atoms with E-state index in [4.69, 9.17) is 0 Å².